The molecule has 0 aliphatic heterocycles. The number of nitrogens with one attached hydrogen (secondary N) is 2. The number of carbonyl (C=O) groups excluding carboxylic acids is 1. The number of sulfone groups is 1. The van der Waals surface area contributed by atoms with E-state index in [4.69, 9.17) is 0 Å². The van der Waals surface area contributed by atoms with Crippen molar-refractivity contribution in [3.05, 3.63) is 76.7 Å². The van der Waals surface area contributed by atoms with Crippen LogP contribution >= 0.6 is 11.8 Å². The van der Waals surface area contributed by atoms with E-state index in [2.05, 4.69) is 29.1 Å². The summed E-state index contributed by atoms with van der Waals surface area (Å²) in [7, 11) is -3.98. The number of hydrogen-bond acceptors (Lipinski definition) is 6. The van der Waals surface area contributed by atoms with Crippen LogP contribution in [-0.4, -0.2) is 29.5 Å². The Morgan fingerprint density at radius 3 is 2.31 bits per heavy atom. The molecule has 32 heavy (non-hydrogen) atoms. The summed E-state index contributed by atoms with van der Waals surface area (Å²) >= 11 is 1.08. The van der Waals surface area contributed by atoms with Crippen molar-refractivity contribution in [3.8, 4) is 0 Å². The second-order valence-corrected chi connectivity index (χ2v) is 10.6. The van der Waals surface area contributed by atoms with Gasteiger partial charge in [-0.3, -0.25) is 9.59 Å². The molecule has 1 aromatic heterocycles. The Hall–Kier alpha value is -2.91. The molecule has 0 radical (unpaired) electrons. The number of amides is 1. The molecule has 3 aromatic rings. The Labute approximate surface area is 191 Å². The summed E-state index contributed by atoms with van der Waals surface area (Å²) in [5.41, 5.74) is 1.09. The first-order valence-corrected chi connectivity index (χ1v) is 12.6. The average molecular weight is 472 g/mol. The number of nitrogens with zero attached hydrogens (tertiary/aromatic N) is 1. The van der Waals surface area contributed by atoms with E-state index in [1.165, 1.54) is 17.7 Å². The Balaban J connectivity index is 1.74. The molecule has 0 spiro atoms. The summed E-state index contributed by atoms with van der Waals surface area (Å²) in [4.78, 5) is 31.4. The minimum Gasteiger partial charge on any atom is -0.325 e. The predicted octanol–water partition coefficient (Wildman–Crippen LogP) is 4.24. The topological polar surface area (TPSA) is 109 Å². The third-order valence-corrected chi connectivity index (χ3v) is 7.87. The maximum atomic E-state index is 12.7. The summed E-state index contributed by atoms with van der Waals surface area (Å²) in [6, 6.07) is 15.3. The molecule has 3 rings (SSSR count). The second kappa shape index (κ2) is 10.1. The van der Waals surface area contributed by atoms with Gasteiger partial charge in [0.1, 0.15) is 0 Å². The van der Waals surface area contributed by atoms with Gasteiger partial charge < -0.3 is 10.3 Å². The zero-order chi connectivity index (χ0) is 23.3. The predicted molar refractivity (Wildman–Crippen MR) is 126 cm³/mol. The van der Waals surface area contributed by atoms with Crippen molar-refractivity contribution in [2.75, 3.05) is 5.32 Å². The molecule has 0 aliphatic rings. The van der Waals surface area contributed by atoms with Gasteiger partial charge in [-0.25, -0.2) is 13.4 Å². The van der Waals surface area contributed by atoms with Crippen LogP contribution in [0.1, 0.15) is 38.7 Å². The number of anilines is 1. The summed E-state index contributed by atoms with van der Waals surface area (Å²) < 4.78 is 25.4. The Morgan fingerprint density at radius 2 is 1.75 bits per heavy atom. The first-order valence-electron chi connectivity index (χ1n) is 10.2. The molecular formula is C23H25N3O4S2. The van der Waals surface area contributed by atoms with Gasteiger partial charge in [0.2, 0.25) is 15.7 Å². The van der Waals surface area contributed by atoms with E-state index >= 15 is 0 Å². The van der Waals surface area contributed by atoms with Gasteiger partial charge in [-0.2, -0.15) is 0 Å². The lowest BCUT2D eigenvalue weighted by Gasteiger charge is -2.15. The van der Waals surface area contributed by atoms with Gasteiger partial charge in [-0.05, 0) is 42.2 Å². The Kier molecular flexibility index (Phi) is 7.52. The molecule has 0 saturated heterocycles. The van der Waals surface area contributed by atoms with Gasteiger partial charge >= 0.3 is 0 Å². The van der Waals surface area contributed by atoms with Gasteiger partial charge in [0, 0.05) is 5.69 Å². The number of carbonyl (C=O) groups is 1. The number of aromatic nitrogens is 2. The smallest absolute Gasteiger partial charge is 0.270 e. The quantitative estimate of drug-likeness (QED) is 0.376. The first kappa shape index (κ1) is 23.7. The molecule has 1 amide bonds. The molecule has 0 unspecified atom stereocenters. The lowest BCUT2D eigenvalue weighted by molar-refractivity contribution is -0.115. The second-order valence-electron chi connectivity index (χ2n) is 7.48. The summed E-state index contributed by atoms with van der Waals surface area (Å²) in [6.45, 7) is 6.05. The van der Waals surface area contributed by atoms with Crippen LogP contribution in [0.25, 0.3) is 0 Å². The van der Waals surface area contributed by atoms with Gasteiger partial charge in [-0.1, -0.05) is 62.9 Å². The molecule has 0 bridgehead atoms. The molecule has 9 heteroatoms. The van der Waals surface area contributed by atoms with E-state index in [0.717, 1.165) is 18.0 Å². The van der Waals surface area contributed by atoms with E-state index in [0.29, 0.717) is 18.0 Å². The van der Waals surface area contributed by atoms with Crippen molar-refractivity contribution in [2.45, 2.75) is 53.3 Å². The van der Waals surface area contributed by atoms with Gasteiger partial charge in [0.25, 0.3) is 5.56 Å². The van der Waals surface area contributed by atoms with E-state index < -0.39 is 25.5 Å². The third-order valence-electron chi connectivity index (χ3n) is 4.85. The average Bonchev–Trinajstić information content (AvgIpc) is 2.78. The molecule has 7 nitrogen and oxygen atoms in total. The lowest BCUT2D eigenvalue weighted by atomic mass is 10.0. The van der Waals surface area contributed by atoms with Crippen molar-refractivity contribution in [2.24, 2.45) is 0 Å². The molecule has 0 aliphatic carbocycles. The van der Waals surface area contributed by atoms with Crippen molar-refractivity contribution >= 4 is 33.2 Å². The maximum absolute atomic E-state index is 12.7. The van der Waals surface area contributed by atoms with Crippen LogP contribution in [0.15, 0.2) is 80.5 Å². The fraction of sp³-hybridized carbons (Fsp3) is 0.261. The highest BCUT2D eigenvalue weighted by Gasteiger charge is 2.24. The number of aromatic amines is 1. The minimum atomic E-state index is -3.98. The highest BCUT2D eigenvalue weighted by atomic mass is 32.2. The number of thioether (sulfide) groups is 1. The fourth-order valence-electron chi connectivity index (χ4n) is 2.98. The van der Waals surface area contributed by atoms with Crippen molar-refractivity contribution in [1.82, 2.24) is 9.97 Å². The van der Waals surface area contributed by atoms with Crippen LogP contribution in [0.5, 0.6) is 0 Å². The largest absolute Gasteiger partial charge is 0.325 e. The summed E-state index contributed by atoms with van der Waals surface area (Å²) in [6.07, 6.45) is 1.53. The van der Waals surface area contributed by atoms with Crippen molar-refractivity contribution < 1.29 is 13.2 Å². The van der Waals surface area contributed by atoms with Gasteiger partial charge in [0.15, 0.2) is 10.1 Å². The van der Waals surface area contributed by atoms with E-state index in [-0.39, 0.29) is 16.0 Å². The van der Waals surface area contributed by atoms with Crippen molar-refractivity contribution in [1.29, 1.82) is 0 Å². The van der Waals surface area contributed by atoms with E-state index in [1.54, 1.807) is 18.2 Å². The van der Waals surface area contributed by atoms with Crippen LogP contribution in [0.3, 0.4) is 0 Å². The summed E-state index contributed by atoms with van der Waals surface area (Å²) in [5, 5.41) is 2.54. The lowest BCUT2D eigenvalue weighted by Crippen LogP contribution is -2.26. The molecule has 0 saturated carbocycles. The zero-order valence-electron chi connectivity index (χ0n) is 18.0. The molecule has 2 aromatic carbocycles. The normalized spacial score (nSPS) is 12.5. The van der Waals surface area contributed by atoms with Crippen LogP contribution in [0, 0.1) is 0 Å². The highest BCUT2D eigenvalue weighted by Crippen LogP contribution is 2.24. The van der Waals surface area contributed by atoms with E-state index in [9.17, 15) is 18.0 Å². The zero-order valence-corrected chi connectivity index (χ0v) is 19.7. The standard InChI is InChI=1S/C23H25N3O4S2/c1-4-19(21(27)25-17-12-10-16(11-13-17)15(2)3)31-23-24-14-20(22(28)26-23)32(29,30)18-8-6-5-7-9-18/h5-15,19H,4H2,1-3H3,(H,25,27)(H,24,26,28)/t19-/m1/s1. The minimum absolute atomic E-state index is 0.0157. The molecule has 168 valence electrons. The molecule has 1 atom stereocenters. The number of benzene rings is 2. The number of rotatable bonds is 8. The first-order chi connectivity index (χ1) is 15.2. The van der Waals surface area contributed by atoms with Gasteiger partial charge in [-0.15, -0.1) is 0 Å². The van der Waals surface area contributed by atoms with Crippen LogP contribution in [-0.2, 0) is 14.6 Å². The van der Waals surface area contributed by atoms with Crippen LogP contribution in [0.4, 0.5) is 5.69 Å². The molecular weight excluding hydrogens is 446 g/mol. The molecule has 1 heterocycles. The SMILES string of the molecule is CC[C@@H](Sc1ncc(S(=O)(=O)c2ccccc2)c(=O)[nH]1)C(=O)Nc1ccc(C(C)C)cc1. The van der Waals surface area contributed by atoms with E-state index in [1.807, 2.05) is 31.2 Å². The summed E-state index contributed by atoms with van der Waals surface area (Å²) in [5.74, 6) is 0.175. The van der Waals surface area contributed by atoms with Crippen molar-refractivity contribution in [3.63, 3.8) is 0 Å². The third kappa shape index (κ3) is 5.46. The Bertz CT molecular complexity index is 1240. The van der Waals surface area contributed by atoms with Crippen LogP contribution < -0.4 is 10.9 Å². The fourth-order valence-corrected chi connectivity index (χ4v) is 5.10. The number of H-pyrrole nitrogens is 1. The Morgan fingerprint density at radius 1 is 1.09 bits per heavy atom. The van der Waals surface area contributed by atoms with Crippen LogP contribution in [0.2, 0.25) is 0 Å². The molecule has 0 fully saturated rings. The van der Waals surface area contributed by atoms with Gasteiger partial charge in [0.05, 0.1) is 16.3 Å². The number of hydrogen-bond donors (Lipinski definition) is 2. The monoisotopic (exact) mass is 471 g/mol. The maximum Gasteiger partial charge on any atom is 0.270 e. The molecule has 2 N–H and O–H groups in total. The highest BCUT2D eigenvalue weighted by molar-refractivity contribution is 8.00.